The van der Waals surface area contributed by atoms with Gasteiger partial charge in [0.25, 0.3) is 0 Å². The maximum Gasteiger partial charge on any atom is 0.119 e. The van der Waals surface area contributed by atoms with Crippen LogP contribution in [-0.2, 0) is 4.74 Å². The molecule has 0 fully saturated rings. The maximum absolute atomic E-state index is 5.72. The predicted octanol–water partition coefficient (Wildman–Crippen LogP) is 2.86. The minimum Gasteiger partial charge on any atom is -0.494 e. The normalized spacial score (nSPS) is 12.3. The van der Waals surface area contributed by atoms with Gasteiger partial charge in [-0.15, -0.1) is 0 Å². The average molecular weight is 251 g/mol. The quantitative estimate of drug-likeness (QED) is 0.649. The molecule has 1 aromatic rings. The molecule has 0 heterocycles. The molecule has 0 radical (unpaired) electrons. The van der Waals surface area contributed by atoms with E-state index in [0.29, 0.717) is 6.04 Å². The first-order valence-corrected chi connectivity index (χ1v) is 6.77. The molecule has 1 atom stereocenters. The fourth-order valence-corrected chi connectivity index (χ4v) is 1.95. The van der Waals surface area contributed by atoms with E-state index in [9.17, 15) is 0 Å². The third-order valence-corrected chi connectivity index (χ3v) is 2.87. The summed E-state index contributed by atoms with van der Waals surface area (Å²) in [6.45, 7) is 4.74. The van der Waals surface area contributed by atoms with E-state index in [2.05, 4.69) is 12.2 Å². The molecule has 0 saturated carbocycles. The molecule has 102 valence electrons. The highest BCUT2D eigenvalue weighted by atomic mass is 16.5. The number of hydrogen-bond donors (Lipinski definition) is 1. The van der Waals surface area contributed by atoms with Crippen LogP contribution in [-0.4, -0.2) is 32.9 Å². The molecule has 0 spiro atoms. The monoisotopic (exact) mass is 251 g/mol. The van der Waals surface area contributed by atoms with Crippen LogP contribution in [0.15, 0.2) is 30.3 Å². The van der Waals surface area contributed by atoms with E-state index >= 15 is 0 Å². The van der Waals surface area contributed by atoms with Crippen molar-refractivity contribution in [3.8, 4) is 5.75 Å². The van der Waals surface area contributed by atoms with Crippen LogP contribution in [0.4, 0.5) is 0 Å². The van der Waals surface area contributed by atoms with Crippen molar-refractivity contribution < 1.29 is 9.47 Å². The molecule has 3 nitrogen and oxygen atoms in total. The summed E-state index contributed by atoms with van der Waals surface area (Å²) in [4.78, 5) is 0. The summed E-state index contributed by atoms with van der Waals surface area (Å²) in [5.74, 6) is 0.949. The highest BCUT2D eigenvalue weighted by molar-refractivity contribution is 5.20. The minimum absolute atomic E-state index is 0.522. The van der Waals surface area contributed by atoms with Gasteiger partial charge in [0.1, 0.15) is 5.75 Å². The Labute approximate surface area is 110 Å². The summed E-state index contributed by atoms with van der Waals surface area (Å²) >= 11 is 0. The van der Waals surface area contributed by atoms with Gasteiger partial charge in [-0.05, 0) is 37.9 Å². The zero-order chi connectivity index (χ0) is 13.1. The summed E-state index contributed by atoms with van der Waals surface area (Å²) in [5.41, 5.74) is 0. The van der Waals surface area contributed by atoms with E-state index < -0.39 is 0 Å². The van der Waals surface area contributed by atoms with Crippen molar-refractivity contribution in [2.45, 2.75) is 32.2 Å². The third kappa shape index (κ3) is 6.62. The number of methoxy groups -OCH3 is 1. The van der Waals surface area contributed by atoms with Crippen LogP contribution < -0.4 is 10.1 Å². The molecule has 1 aromatic carbocycles. The smallest absolute Gasteiger partial charge is 0.119 e. The second kappa shape index (κ2) is 9.92. The molecule has 0 aromatic heterocycles. The van der Waals surface area contributed by atoms with Crippen LogP contribution in [0.25, 0.3) is 0 Å². The SMILES string of the molecule is CCNC(CCCOC)CCOc1ccccc1. The standard InChI is InChI=1S/C15H25NO2/c1-3-16-14(8-7-12-17-2)11-13-18-15-9-5-4-6-10-15/h4-6,9-10,14,16H,3,7-8,11-13H2,1-2H3. The van der Waals surface area contributed by atoms with Gasteiger partial charge in [-0.3, -0.25) is 0 Å². The molecule has 0 aliphatic carbocycles. The van der Waals surface area contributed by atoms with E-state index in [1.165, 1.54) is 0 Å². The Morgan fingerprint density at radius 1 is 1.11 bits per heavy atom. The van der Waals surface area contributed by atoms with E-state index in [1.54, 1.807) is 7.11 Å². The lowest BCUT2D eigenvalue weighted by Crippen LogP contribution is -2.30. The molecule has 0 saturated heterocycles. The van der Waals surface area contributed by atoms with Crippen molar-refractivity contribution in [1.29, 1.82) is 0 Å². The second-order valence-corrected chi connectivity index (χ2v) is 4.34. The summed E-state index contributed by atoms with van der Waals surface area (Å²) in [7, 11) is 1.75. The van der Waals surface area contributed by atoms with Gasteiger partial charge in [0.05, 0.1) is 6.61 Å². The summed E-state index contributed by atoms with van der Waals surface area (Å²) < 4.78 is 10.8. The molecular formula is C15H25NO2. The Morgan fingerprint density at radius 2 is 1.89 bits per heavy atom. The van der Waals surface area contributed by atoms with Gasteiger partial charge in [0.2, 0.25) is 0 Å². The Bertz CT molecular complexity index is 290. The number of ether oxygens (including phenoxy) is 2. The number of benzene rings is 1. The van der Waals surface area contributed by atoms with Gasteiger partial charge in [0, 0.05) is 19.8 Å². The molecular weight excluding hydrogens is 226 g/mol. The number of hydrogen-bond acceptors (Lipinski definition) is 3. The highest BCUT2D eigenvalue weighted by Crippen LogP contribution is 2.10. The van der Waals surface area contributed by atoms with Crippen LogP contribution in [0.1, 0.15) is 26.2 Å². The largest absolute Gasteiger partial charge is 0.494 e. The lowest BCUT2D eigenvalue weighted by atomic mass is 10.1. The zero-order valence-electron chi connectivity index (χ0n) is 11.5. The van der Waals surface area contributed by atoms with Gasteiger partial charge in [-0.1, -0.05) is 25.1 Å². The predicted molar refractivity (Wildman–Crippen MR) is 75.1 cm³/mol. The first kappa shape index (κ1) is 15.0. The fraction of sp³-hybridized carbons (Fsp3) is 0.600. The van der Waals surface area contributed by atoms with Gasteiger partial charge >= 0.3 is 0 Å². The second-order valence-electron chi connectivity index (χ2n) is 4.34. The number of para-hydroxylation sites is 1. The van der Waals surface area contributed by atoms with Crippen LogP contribution in [0.5, 0.6) is 5.75 Å². The van der Waals surface area contributed by atoms with E-state index in [0.717, 1.165) is 44.8 Å². The Hall–Kier alpha value is -1.06. The third-order valence-electron chi connectivity index (χ3n) is 2.87. The fourth-order valence-electron chi connectivity index (χ4n) is 1.95. The molecule has 1 unspecified atom stereocenters. The van der Waals surface area contributed by atoms with Crippen molar-refractivity contribution in [2.75, 3.05) is 26.9 Å². The van der Waals surface area contributed by atoms with Crippen molar-refractivity contribution in [3.05, 3.63) is 30.3 Å². The van der Waals surface area contributed by atoms with Crippen molar-refractivity contribution in [3.63, 3.8) is 0 Å². The summed E-state index contributed by atoms with van der Waals surface area (Å²) in [6, 6.07) is 10.5. The van der Waals surface area contributed by atoms with Gasteiger partial charge in [-0.25, -0.2) is 0 Å². The minimum atomic E-state index is 0.522. The molecule has 0 aliphatic heterocycles. The van der Waals surface area contributed by atoms with Gasteiger partial charge < -0.3 is 14.8 Å². The maximum atomic E-state index is 5.72. The van der Waals surface area contributed by atoms with E-state index in [1.807, 2.05) is 30.3 Å². The molecule has 0 aliphatic rings. The lowest BCUT2D eigenvalue weighted by molar-refractivity contribution is 0.185. The van der Waals surface area contributed by atoms with Gasteiger partial charge in [0.15, 0.2) is 0 Å². The highest BCUT2D eigenvalue weighted by Gasteiger charge is 2.07. The van der Waals surface area contributed by atoms with Crippen molar-refractivity contribution >= 4 is 0 Å². The average Bonchev–Trinajstić information content (AvgIpc) is 2.40. The summed E-state index contributed by atoms with van der Waals surface area (Å²) in [5, 5.41) is 3.49. The molecule has 1 rings (SSSR count). The van der Waals surface area contributed by atoms with E-state index in [-0.39, 0.29) is 0 Å². The molecule has 3 heteroatoms. The van der Waals surface area contributed by atoms with Crippen molar-refractivity contribution in [1.82, 2.24) is 5.32 Å². The van der Waals surface area contributed by atoms with Crippen molar-refractivity contribution in [2.24, 2.45) is 0 Å². The molecule has 0 amide bonds. The van der Waals surface area contributed by atoms with E-state index in [4.69, 9.17) is 9.47 Å². The van der Waals surface area contributed by atoms with Crippen LogP contribution >= 0.6 is 0 Å². The van der Waals surface area contributed by atoms with Crippen LogP contribution in [0.2, 0.25) is 0 Å². The molecule has 18 heavy (non-hydrogen) atoms. The molecule has 0 bridgehead atoms. The lowest BCUT2D eigenvalue weighted by Gasteiger charge is -2.18. The topological polar surface area (TPSA) is 30.5 Å². The van der Waals surface area contributed by atoms with Crippen LogP contribution in [0.3, 0.4) is 0 Å². The zero-order valence-corrected chi connectivity index (χ0v) is 11.5. The summed E-state index contributed by atoms with van der Waals surface area (Å²) in [6.07, 6.45) is 3.27. The first-order chi connectivity index (χ1) is 8.86. The molecule has 1 N–H and O–H groups in total. The Kier molecular flexibility index (Phi) is 8.26. The number of rotatable bonds is 10. The Balaban J connectivity index is 2.20. The number of nitrogens with one attached hydrogen (secondary N) is 1. The Morgan fingerprint density at radius 3 is 2.56 bits per heavy atom. The van der Waals surface area contributed by atoms with Gasteiger partial charge in [-0.2, -0.15) is 0 Å². The van der Waals surface area contributed by atoms with Crippen LogP contribution in [0, 0.1) is 0 Å². The first-order valence-electron chi connectivity index (χ1n) is 6.77.